The molecule has 1 aromatic carbocycles. The van der Waals surface area contributed by atoms with Crippen molar-refractivity contribution in [2.24, 2.45) is 0 Å². The molecule has 0 atom stereocenters. The van der Waals surface area contributed by atoms with Gasteiger partial charge in [0.25, 0.3) is 5.91 Å². The van der Waals surface area contributed by atoms with Crippen LogP contribution < -0.4 is 10.2 Å². The van der Waals surface area contributed by atoms with Crippen molar-refractivity contribution < 1.29 is 4.79 Å². The van der Waals surface area contributed by atoms with Gasteiger partial charge in [-0.05, 0) is 43.0 Å². The van der Waals surface area contributed by atoms with Crippen LogP contribution in [0.5, 0.6) is 0 Å². The Bertz CT molecular complexity index is 649. The van der Waals surface area contributed by atoms with Crippen LogP contribution in [0.4, 0.5) is 11.4 Å². The molecule has 4 nitrogen and oxygen atoms in total. The standard InChI is InChI=1S/C18H21N3O/c1-2-14-10-11-19-16(17(14)21-12-6-7-13-21)18(22)20-15-8-4-3-5-9-15/h3-5,8-11H,2,6-7,12-13H2,1H3,(H,20,22). The van der Waals surface area contributed by atoms with Crippen LogP contribution in [0.1, 0.15) is 35.8 Å². The number of hydrogen-bond acceptors (Lipinski definition) is 3. The summed E-state index contributed by atoms with van der Waals surface area (Å²) in [6.45, 7) is 4.13. The van der Waals surface area contributed by atoms with E-state index in [1.807, 2.05) is 36.4 Å². The first kappa shape index (κ1) is 14.6. The summed E-state index contributed by atoms with van der Waals surface area (Å²) in [5.74, 6) is -0.136. The van der Waals surface area contributed by atoms with Gasteiger partial charge in [0, 0.05) is 25.0 Å². The number of aromatic nitrogens is 1. The summed E-state index contributed by atoms with van der Waals surface area (Å²) < 4.78 is 0. The SMILES string of the molecule is CCc1ccnc(C(=O)Nc2ccccc2)c1N1CCCC1. The number of amides is 1. The number of rotatable bonds is 4. The Hall–Kier alpha value is -2.36. The van der Waals surface area contributed by atoms with E-state index in [1.54, 1.807) is 6.20 Å². The normalized spacial score (nSPS) is 14.1. The van der Waals surface area contributed by atoms with E-state index >= 15 is 0 Å². The second-order valence-electron chi connectivity index (χ2n) is 5.54. The molecular weight excluding hydrogens is 274 g/mol. The third-order valence-corrected chi connectivity index (χ3v) is 4.06. The third-order valence-electron chi connectivity index (χ3n) is 4.06. The molecule has 22 heavy (non-hydrogen) atoms. The lowest BCUT2D eigenvalue weighted by molar-refractivity contribution is 0.102. The largest absolute Gasteiger partial charge is 0.369 e. The predicted octanol–water partition coefficient (Wildman–Crippen LogP) is 3.50. The van der Waals surface area contributed by atoms with Crippen LogP contribution in [0, 0.1) is 0 Å². The summed E-state index contributed by atoms with van der Waals surface area (Å²) in [5.41, 5.74) is 3.53. The highest BCUT2D eigenvalue weighted by atomic mass is 16.1. The van der Waals surface area contributed by atoms with Crippen molar-refractivity contribution >= 4 is 17.3 Å². The summed E-state index contributed by atoms with van der Waals surface area (Å²) in [4.78, 5) is 19.3. The number of carbonyl (C=O) groups excluding carboxylic acids is 1. The molecule has 1 saturated heterocycles. The van der Waals surface area contributed by atoms with Crippen LogP contribution in [-0.2, 0) is 6.42 Å². The van der Waals surface area contributed by atoms with Gasteiger partial charge in [0.15, 0.2) is 5.69 Å². The van der Waals surface area contributed by atoms with Crippen molar-refractivity contribution in [2.45, 2.75) is 26.2 Å². The molecule has 1 aliphatic rings. The maximum absolute atomic E-state index is 12.7. The van der Waals surface area contributed by atoms with Gasteiger partial charge in [0.05, 0.1) is 5.69 Å². The highest BCUT2D eigenvalue weighted by molar-refractivity contribution is 6.07. The molecule has 1 N–H and O–H groups in total. The molecule has 0 unspecified atom stereocenters. The summed E-state index contributed by atoms with van der Waals surface area (Å²) in [6, 6.07) is 11.5. The zero-order valence-electron chi connectivity index (χ0n) is 12.9. The molecule has 2 heterocycles. The smallest absolute Gasteiger partial charge is 0.276 e. The van der Waals surface area contributed by atoms with Crippen LogP contribution >= 0.6 is 0 Å². The van der Waals surface area contributed by atoms with E-state index in [1.165, 1.54) is 18.4 Å². The number of hydrogen-bond donors (Lipinski definition) is 1. The van der Waals surface area contributed by atoms with Crippen LogP contribution in [0.3, 0.4) is 0 Å². The van der Waals surface area contributed by atoms with E-state index in [9.17, 15) is 4.79 Å². The van der Waals surface area contributed by atoms with E-state index in [0.717, 1.165) is 30.9 Å². The molecule has 0 radical (unpaired) electrons. The van der Waals surface area contributed by atoms with Crippen LogP contribution in [0.2, 0.25) is 0 Å². The van der Waals surface area contributed by atoms with Crippen molar-refractivity contribution in [3.63, 3.8) is 0 Å². The van der Waals surface area contributed by atoms with Crippen molar-refractivity contribution in [2.75, 3.05) is 23.3 Å². The summed E-state index contributed by atoms with van der Waals surface area (Å²) >= 11 is 0. The minimum Gasteiger partial charge on any atom is -0.369 e. The average Bonchev–Trinajstić information content (AvgIpc) is 3.09. The molecule has 0 bridgehead atoms. The quantitative estimate of drug-likeness (QED) is 0.939. The number of aryl methyl sites for hydroxylation is 1. The predicted molar refractivity (Wildman–Crippen MR) is 89.5 cm³/mol. The highest BCUT2D eigenvalue weighted by Gasteiger charge is 2.23. The number of anilines is 2. The van der Waals surface area contributed by atoms with Crippen molar-refractivity contribution in [3.8, 4) is 0 Å². The van der Waals surface area contributed by atoms with E-state index in [2.05, 4.69) is 22.1 Å². The van der Waals surface area contributed by atoms with Crippen LogP contribution in [0.25, 0.3) is 0 Å². The lowest BCUT2D eigenvalue weighted by atomic mass is 10.1. The average molecular weight is 295 g/mol. The molecule has 0 saturated carbocycles. The first-order valence-corrected chi connectivity index (χ1v) is 7.89. The Kier molecular flexibility index (Phi) is 4.37. The lowest BCUT2D eigenvalue weighted by Crippen LogP contribution is -2.25. The monoisotopic (exact) mass is 295 g/mol. The van der Waals surface area contributed by atoms with Crippen LogP contribution in [0.15, 0.2) is 42.6 Å². The van der Waals surface area contributed by atoms with Crippen molar-refractivity contribution in [3.05, 3.63) is 53.9 Å². The lowest BCUT2D eigenvalue weighted by Gasteiger charge is -2.23. The van der Waals surface area contributed by atoms with Gasteiger partial charge in [-0.2, -0.15) is 0 Å². The van der Waals surface area contributed by atoms with Gasteiger partial charge in [-0.15, -0.1) is 0 Å². The maximum atomic E-state index is 12.7. The highest BCUT2D eigenvalue weighted by Crippen LogP contribution is 2.28. The van der Waals surface area contributed by atoms with E-state index in [0.29, 0.717) is 5.69 Å². The summed E-state index contributed by atoms with van der Waals surface area (Å²) in [6.07, 6.45) is 4.99. The van der Waals surface area contributed by atoms with Crippen molar-refractivity contribution in [1.82, 2.24) is 4.98 Å². The van der Waals surface area contributed by atoms with Gasteiger partial charge in [-0.25, -0.2) is 4.98 Å². The number of carbonyl (C=O) groups is 1. The van der Waals surface area contributed by atoms with Gasteiger partial charge in [0.1, 0.15) is 0 Å². The molecule has 1 fully saturated rings. The molecular formula is C18H21N3O. The molecule has 4 heteroatoms. The van der Waals surface area contributed by atoms with E-state index < -0.39 is 0 Å². The second kappa shape index (κ2) is 6.60. The molecule has 1 aromatic heterocycles. The fourth-order valence-corrected chi connectivity index (χ4v) is 2.95. The Morgan fingerprint density at radius 3 is 2.59 bits per heavy atom. The molecule has 114 valence electrons. The first-order chi connectivity index (χ1) is 10.8. The van der Waals surface area contributed by atoms with Crippen molar-refractivity contribution in [1.29, 1.82) is 0 Å². The number of nitrogens with zero attached hydrogens (tertiary/aromatic N) is 2. The van der Waals surface area contributed by atoms with Gasteiger partial charge in [-0.1, -0.05) is 25.1 Å². The van der Waals surface area contributed by atoms with Gasteiger partial charge >= 0.3 is 0 Å². The van der Waals surface area contributed by atoms with Gasteiger partial charge < -0.3 is 10.2 Å². The number of pyridine rings is 1. The third kappa shape index (κ3) is 2.96. The van der Waals surface area contributed by atoms with Gasteiger partial charge in [0.2, 0.25) is 0 Å². The molecule has 2 aromatic rings. The molecule has 1 aliphatic heterocycles. The fourth-order valence-electron chi connectivity index (χ4n) is 2.95. The van der Waals surface area contributed by atoms with E-state index in [4.69, 9.17) is 0 Å². The number of nitrogens with one attached hydrogen (secondary N) is 1. The second-order valence-corrected chi connectivity index (χ2v) is 5.54. The molecule has 3 rings (SSSR count). The topological polar surface area (TPSA) is 45.2 Å². The molecule has 0 aliphatic carbocycles. The van der Waals surface area contributed by atoms with E-state index in [-0.39, 0.29) is 5.91 Å². The first-order valence-electron chi connectivity index (χ1n) is 7.89. The number of benzene rings is 1. The summed E-state index contributed by atoms with van der Waals surface area (Å²) in [7, 11) is 0. The number of para-hydroxylation sites is 1. The zero-order chi connectivity index (χ0) is 15.4. The summed E-state index contributed by atoms with van der Waals surface area (Å²) in [5, 5.41) is 2.95. The Morgan fingerprint density at radius 1 is 1.18 bits per heavy atom. The minimum atomic E-state index is -0.136. The minimum absolute atomic E-state index is 0.136. The Balaban J connectivity index is 1.93. The Morgan fingerprint density at radius 2 is 1.91 bits per heavy atom. The Labute approximate surface area is 131 Å². The molecule has 1 amide bonds. The maximum Gasteiger partial charge on any atom is 0.276 e. The molecule has 0 spiro atoms. The van der Waals surface area contributed by atoms with Gasteiger partial charge in [-0.3, -0.25) is 4.79 Å². The zero-order valence-corrected chi connectivity index (χ0v) is 12.9. The van der Waals surface area contributed by atoms with Crippen LogP contribution in [-0.4, -0.2) is 24.0 Å². The fraction of sp³-hybridized carbons (Fsp3) is 0.333.